The molecule has 0 saturated carbocycles. The Morgan fingerprint density at radius 1 is 1.20 bits per heavy atom. The lowest BCUT2D eigenvalue weighted by Gasteiger charge is -2.16. The van der Waals surface area contributed by atoms with Gasteiger partial charge in [-0.25, -0.2) is 17.9 Å². The Morgan fingerprint density at radius 2 is 1.97 bits per heavy atom. The highest BCUT2D eigenvalue weighted by Crippen LogP contribution is 2.32. The number of fused-ring (bicyclic) bond motifs is 2. The van der Waals surface area contributed by atoms with E-state index in [1.807, 2.05) is 18.2 Å². The molecule has 2 N–H and O–H groups in total. The summed E-state index contributed by atoms with van der Waals surface area (Å²) in [5.41, 5.74) is 1.14. The molecule has 30 heavy (non-hydrogen) atoms. The van der Waals surface area contributed by atoms with Gasteiger partial charge in [0.05, 0.1) is 23.5 Å². The molecule has 2 heterocycles. The Bertz CT molecular complexity index is 1210. The predicted molar refractivity (Wildman–Crippen MR) is 122 cm³/mol. The number of benzene rings is 2. The molecule has 0 bridgehead atoms. The third kappa shape index (κ3) is 3.97. The standard InChI is InChI=1S/C20H21IN4O4S/c1-2-3-10-22-20(26)25-11-15-17(12-25)23-29-19(15)24-30(27,28)18-9-5-6-13-14(18)7-4-8-16(13)21/h4-9,24H,2-3,10-12H2,1H3,(H,22,26). The summed E-state index contributed by atoms with van der Waals surface area (Å²) in [6.07, 6.45) is 1.90. The number of carbonyl (C=O) groups is 1. The maximum Gasteiger partial charge on any atom is 0.318 e. The van der Waals surface area contributed by atoms with E-state index in [2.05, 4.69) is 44.7 Å². The number of aromatic nitrogens is 1. The summed E-state index contributed by atoms with van der Waals surface area (Å²) in [4.78, 5) is 14.0. The van der Waals surface area contributed by atoms with Crippen LogP contribution in [0.2, 0.25) is 0 Å². The highest BCUT2D eigenvalue weighted by molar-refractivity contribution is 14.1. The lowest BCUT2D eigenvalue weighted by atomic mass is 10.1. The van der Waals surface area contributed by atoms with Crippen LogP contribution in [-0.2, 0) is 23.1 Å². The minimum atomic E-state index is -3.91. The molecular formula is C20H21IN4O4S. The molecule has 2 amide bonds. The first-order valence-electron chi connectivity index (χ1n) is 9.61. The maximum atomic E-state index is 13.1. The van der Waals surface area contributed by atoms with Crippen molar-refractivity contribution >= 4 is 55.3 Å². The smallest absolute Gasteiger partial charge is 0.318 e. The molecule has 1 aliphatic heterocycles. The summed E-state index contributed by atoms with van der Waals surface area (Å²) >= 11 is 2.18. The molecule has 0 atom stereocenters. The fraction of sp³-hybridized carbons (Fsp3) is 0.300. The van der Waals surface area contributed by atoms with Gasteiger partial charge in [-0.3, -0.25) is 0 Å². The molecule has 2 aromatic carbocycles. The first-order valence-corrected chi connectivity index (χ1v) is 12.2. The molecule has 3 aromatic rings. The van der Waals surface area contributed by atoms with Crippen LogP contribution in [-0.4, -0.2) is 31.1 Å². The van der Waals surface area contributed by atoms with E-state index in [-0.39, 0.29) is 29.9 Å². The van der Waals surface area contributed by atoms with Gasteiger partial charge in [0.25, 0.3) is 10.0 Å². The van der Waals surface area contributed by atoms with Crippen molar-refractivity contribution < 1.29 is 17.7 Å². The van der Waals surface area contributed by atoms with Gasteiger partial charge in [0.2, 0.25) is 5.88 Å². The van der Waals surface area contributed by atoms with Crippen LogP contribution in [0.4, 0.5) is 10.7 Å². The third-order valence-electron chi connectivity index (χ3n) is 5.00. The van der Waals surface area contributed by atoms with Crippen molar-refractivity contribution in [2.45, 2.75) is 37.8 Å². The van der Waals surface area contributed by atoms with E-state index < -0.39 is 10.0 Å². The summed E-state index contributed by atoms with van der Waals surface area (Å²) < 4.78 is 35.0. The van der Waals surface area contributed by atoms with Gasteiger partial charge in [0.1, 0.15) is 5.69 Å². The molecular weight excluding hydrogens is 519 g/mol. The van der Waals surface area contributed by atoms with Crippen LogP contribution in [0, 0.1) is 3.57 Å². The van der Waals surface area contributed by atoms with Gasteiger partial charge in [0.15, 0.2) is 0 Å². The fourth-order valence-electron chi connectivity index (χ4n) is 3.42. The van der Waals surface area contributed by atoms with Crippen LogP contribution in [0.3, 0.4) is 0 Å². The number of hydrogen-bond acceptors (Lipinski definition) is 5. The van der Waals surface area contributed by atoms with Crippen molar-refractivity contribution in [3.63, 3.8) is 0 Å². The van der Waals surface area contributed by atoms with Crippen molar-refractivity contribution in [2.75, 3.05) is 11.3 Å². The van der Waals surface area contributed by atoms with Gasteiger partial charge in [-0.15, -0.1) is 0 Å². The number of urea groups is 1. The maximum absolute atomic E-state index is 13.1. The SMILES string of the molecule is CCCCNC(=O)N1Cc2noc(NS(=O)(=O)c3cccc4c(I)cccc34)c2C1. The van der Waals surface area contributed by atoms with Gasteiger partial charge in [-0.2, -0.15) is 0 Å². The molecule has 0 saturated heterocycles. The summed E-state index contributed by atoms with van der Waals surface area (Å²) in [5, 5.41) is 8.30. The minimum Gasteiger partial charge on any atom is -0.338 e. The van der Waals surface area contributed by atoms with Gasteiger partial charge in [-0.05, 0) is 46.5 Å². The Hall–Kier alpha value is -2.34. The Balaban J connectivity index is 1.56. The van der Waals surface area contributed by atoms with Crippen LogP contribution in [0.25, 0.3) is 10.8 Å². The molecule has 0 fully saturated rings. The number of nitrogens with one attached hydrogen (secondary N) is 2. The lowest BCUT2D eigenvalue weighted by molar-refractivity contribution is 0.196. The van der Waals surface area contributed by atoms with Gasteiger partial charge in [0, 0.05) is 15.5 Å². The molecule has 4 rings (SSSR count). The van der Waals surface area contributed by atoms with Crippen molar-refractivity contribution in [3.05, 3.63) is 51.2 Å². The lowest BCUT2D eigenvalue weighted by Crippen LogP contribution is -2.37. The topological polar surface area (TPSA) is 105 Å². The molecule has 1 aliphatic rings. The largest absolute Gasteiger partial charge is 0.338 e. The summed E-state index contributed by atoms with van der Waals surface area (Å²) in [6, 6.07) is 10.5. The van der Waals surface area contributed by atoms with E-state index in [0.29, 0.717) is 23.2 Å². The second-order valence-corrected chi connectivity index (χ2v) is 9.89. The van der Waals surface area contributed by atoms with Crippen LogP contribution >= 0.6 is 22.6 Å². The Kier molecular flexibility index (Phi) is 5.87. The first-order chi connectivity index (χ1) is 14.4. The molecule has 158 valence electrons. The zero-order valence-electron chi connectivity index (χ0n) is 16.3. The van der Waals surface area contributed by atoms with Crippen LogP contribution in [0.5, 0.6) is 0 Å². The van der Waals surface area contributed by atoms with Gasteiger partial charge >= 0.3 is 6.03 Å². The van der Waals surface area contributed by atoms with Crippen LogP contribution in [0.1, 0.15) is 31.0 Å². The average molecular weight is 540 g/mol. The quantitative estimate of drug-likeness (QED) is 0.363. The van der Waals surface area contributed by atoms with Crippen molar-refractivity contribution in [3.8, 4) is 0 Å². The normalized spacial score (nSPS) is 13.5. The van der Waals surface area contributed by atoms with Crippen molar-refractivity contribution in [1.29, 1.82) is 0 Å². The number of hydrogen-bond donors (Lipinski definition) is 2. The van der Waals surface area contributed by atoms with Gasteiger partial charge in [-0.1, -0.05) is 42.8 Å². The van der Waals surface area contributed by atoms with Crippen molar-refractivity contribution in [2.24, 2.45) is 0 Å². The number of amides is 2. The average Bonchev–Trinajstić information content (AvgIpc) is 3.30. The number of rotatable bonds is 6. The molecule has 0 spiro atoms. The number of carbonyl (C=O) groups excluding carboxylic acids is 1. The number of anilines is 1. The number of nitrogens with zero attached hydrogens (tertiary/aromatic N) is 2. The first kappa shape index (κ1) is 20.9. The number of unbranched alkanes of at least 4 members (excludes halogenated alkanes) is 1. The zero-order chi connectivity index (χ0) is 21.3. The summed E-state index contributed by atoms with van der Waals surface area (Å²) in [5.74, 6) is 0.0523. The van der Waals surface area contributed by atoms with E-state index in [0.717, 1.165) is 21.8 Å². The third-order valence-corrected chi connectivity index (χ3v) is 7.33. The second-order valence-electron chi connectivity index (χ2n) is 7.08. The monoisotopic (exact) mass is 540 g/mol. The van der Waals surface area contributed by atoms with Crippen LogP contribution in [0.15, 0.2) is 45.8 Å². The van der Waals surface area contributed by atoms with Crippen molar-refractivity contribution in [1.82, 2.24) is 15.4 Å². The van der Waals surface area contributed by atoms with E-state index in [9.17, 15) is 13.2 Å². The minimum absolute atomic E-state index is 0.0523. The second kappa shape index (κ2) is 8.42. The molecule has 0 radical (unpaired) electrons. The summed E-state index contributed by atoms with van der Waals surface area (Å²) in [6.45, 7) is 3.18. The van der Waals surface area contributed by atoms with Gasteiger partial charge < -0.3 is 14.7 Å². The van der Waals surface area contributed by atoms with E-state index >= 15 is 0 Å². The van der Waals surface area contributed by atoms with E-state index in [1.54, 1.807) is 23.1 Å². The highest BCUT2D eigenvalue weighted by Gasteiger charge is 2.32. The summed E-state index contributed by atoms with van der Waals surface area (Å²) in [7, 11) is -3.91. The molecule has 8 nitrogen and oxygen atoms in total. The molecule has 1 aromatic heterocycles. The van der Waals surface area contributed by atoms with Crippen LogP contribution < -0.4 is 10.0 Å². The Labute approximate surface area is 188 Å². The highest BCUT2D eigenvalue weighted by atomic mass is 127. The molecule has 10 heteroatoms. The number of sulfonamides is 1. The molecule has 0 aliphatic carbocycles. The molecule has 0 unspecified atom stereocenters. The van der Waals surface area contributed by atoms with E-state index in [1.165, 1.54) is 0 Å². The predicted octanol–water partition coefficient (Wildman–Crippen LogP) is 4.06. The number of halogens is 1. The fourth-order valence-corrected chi connectivity index (χ4v) is 5.34. The van der Waals surface area contributed by atoms with E-state index in [4.69, 9.17) is 4.52 Å². The zero-order valence-corrected chi connectivity index (χ0v) is 19.3. The Morgan fingerprint density at radius 3 is 2.77 bits per heavy atom.